The van der Waals surface area contributed by atoms with Gasteiger partial charge in [-0.1, -0.05) is 12.1 Å². The van der Waals surface area contributed by atoms with E-state index in [-0.39, 0.29) is 41.4 Å². The van der Waals surface area contributed by atoms with Crippen LogP contribution in [0.1, 0.15) is 12.8 Å². The number of alkyl halides is 2. The highest BCUT2D eigenvalue weighted by atomic mass is 32.2. The molecule has 11 heteroatoms. The molecule has 1 saturated heterocycles. The van der Waals surface area contributed by atoms with Crippen LogP contribution in [0.15, 0.2) is 58.3 Å². The van der Waals surface area contributed by atoms with Crippen LogP contribution >= 0.6 is 0 Å². The fraction of sp³-hybridized carbons (Fsp3) is 0.333. The summed E-state index contributed by atoms with van der Waals surface area (Å²) in [5.74, 6) is -2.71. The van der Waals surface area contributed by atoms with Crippen molar-refractivity contribution in [3.8, 4) is 0 Å². The molecule has 1 aliphatic heterocycles. The highest BCUT2D eigenvalue weighted by Gasteiger charge is 2.34. The smallest absolute Gasteiger partial charge is 0.261 e. The van der Waals surface area contributed by atoms with Gasteiger partial charge >= 0.3 is 0 Å². The van der Waals surface area contributed by atoms with Crippen molar-refractivity contribution in [1.82, 2.24) is 4.72 Å². The number of rotatable bonds is 6. The molecular weight excluding hydrogens is 424 g/mol. The molecule has 0 unspecified atom stereocenters. The maximum atomic E-state index is 13.4. The Morgan fingerprint density at radius 3 is 1.93 bits per heavy atom. The van der Waals surface area contributed by atoms with Crippen molar-refractivity contribution < 1.29 is 25.6 Å². The minimum absolute atomic E-state index is 0.0615. The van der Waals surface area contributed by atoms with E-state index >= 15 is 0 Å². The molecule has 0 spiro atoms. The predicted molar refractivity (Wildman–Crippen MR) is 106 cm³/mol. The fourth-order valence-corrected chi connectivity index (χ4v) is 4.83. The van der Waals surface area contributed by atoms with Crippen LogP contribution in [-0.4, -0.2) is 42.9 Å². The molecule has 1 fully saturated rings. The average Bonchev–Trinajstić information content (AvgIpc) is 2.68. The van der Waals surface area contributed by atoms with E-state index in [9.17, 15) is 25.6 Å². The van der Waals surface area contributed by atoms with Crippen LogP contribution in [0.3, 0.4) is 0 Å². The third-order valence-electron chi connectivity index (χ3n) is 4.70. The summed E-state index contributed by atoms with van der Waals surface area (Å²) in [6.07, 6.45) is -0.592. The SMILES string of the molecule is CNS(=O)(=O)c1ccc(S(=O)(=O)Nc2ccccc2N2CCC(F)(F)CC2)cc1. The molecule has 0 radical (unpaired) electrons. The summed E-state index contributed by atoms with van der Waals surface area (Å²) >= 11 is 0. The second-order valence-corrected chi connectivity index (χ2v) is 10.2. The minimum atomic E-state index is -4.01. The van der Waals surface area contributed by atoms with Gasteiger partial charge in [0.1, 0.15) is 0 Å². The van der Waals surface area contributed by atoms with Crippen molar-refractivity contribution >= 4 is 31.4 Å². The van der Waals surface area contributed by atoms with Crippen LogP contribution in [0, 0.1) is 0 Å². The number of sulfonamides is 2. The van der Waals surface area contributed by atoms with E-state index in [0.29, 0.717) is 5.69 Å². The van der Waals surface area contributed by atoms with Crippen LogP contribution in [0.25, 0.3) is 0 Å². The minimum Gasteiger partial charge on any atom is -0.369 e. The normalized spacial score (nSPS) is 17.1. The summed E-state index contributed by atoms with van der Waals surface area (Å²) in [4.78, 5) is 1.54. The quantitative estimate of drug-likeness (QED) is 0.713. The van der Waals surface area contributed by atoms with E-state index in [1.807, 2.05) is 0 Å². The number of anilines is 2. The molecule has 0 bridgehead atoms. The molecule has 1 heterocycles. The zero-order chi connectivity index (χ0) is 21.3. The second kappa shape index (κ2) is 7.88. The molecule has 0 aliphatic carbocycles. The zero-order valence-electron chi connectivity index (χ0n) is 15.6. The Morgan fingerprint density at radius 2 is 1.38 bits per heavy atom. The molecule has 0 saturated carbocycles. The van der Waals surface area contributed by atoms with Gasteiger partial charge in [-0.15, -0.1) is 0 Å². The number of halogens is 2. The highest BCUT2D eigenvalue weighted by molar-refractivity contribution is 7.92. The van der Waals surface area contributed by atoms with Crippen LogP contribution in [0.4, 0.5) is 20.2 Å². The lowest BCUT2D eigenvalue weighted by molar-refractivity contribution is -0.0220. The Balaban J connectivity index is 1.84. The third kappa shape index (κ3) is 4.85. The van der Waals surface area contributed by atoms with Gasteiger partial charge in [-0.05, 0) is 43.4 Å². The van der Waals surface area contributed by atoms with Crippen LogP contribution in [0.2, 0.25) is 0 Å². The van der Waals surface area contributed by atoms with Crippen LogP contribution < -0.4 is 14.3 Å². The van der Waals surface area contributed by atoms with E-state index < -0.39 is 26.0 Å². The third-order valence-corrected chi connectivity index (χ3v) is 7.51. The maximum Gasteiger partial charge on any atom is 0.261 e. The first-order valence-electron chi connectivity index (χ1n) is 8.82. The monoisotopic (exact) mass is 445 g/mol. The Hall–Kier alpha value is -2.24. The summed E-state index contributed by atoms with van der Waals surface area (Å²) in [6, 6.07) is 11.3. The summed E-state index contributed by atoms with van der Waals surface area (Å²) in [5.41, 5.74) is 0.783. The first kappa shape index (κ1) is 21.5. The first-order valence-corrected chi connectivity index (χ1v) is 11.8. The van der Waals surface area contributed by atoms with Gasteiger partial charge < -0.3 is 4.90 Å². The van der Waals surface area contributed by atoms with Gasteiger partial charge in [-0.3, -0.25) is 4.72 Å². The van der Waals surface area contributed by atoms with E-state index in [0.717, 1.165) is 0 Å². The number of nitrogens with one attached hydrogen (secondary N) is 2. The molecule has 0 atom stereocenters. The summed E-state index contributed by atoms with van der Waals surface area (Å²) in [6.45, 7) is 0.227. The molecule has 0 aromatic heterocycles. The molecule has 2 N–H and O–H groups in total. The van der Waals surface area contributed by atoms with E-state index in [1.165, 1.54) is 31.3 Å². The zero-order valence-corrected chi connectivity index (χ0v) is 17.2. The maximum absolute atomic E-state index is 13.4. The molecular formula is C18H21F2N3O4S2. The van der Waals surface area contributed by atoms with Gasteiger partial charge in [0.25, 0.3) is 15.9 Å². The van der Waals surface area contributed by atoms with Crippen molar-refractivity contribution in [2.45, 2.75) is 28.6 Å². The van der Waals surface area contributed by atoms with Crippen molar-refractivity contribution in [3.63, 3.8) is 0 Å². The number of para-hydroxylation sites is 2. The lowest BCUT2D eigenvalue weighted by Gasteiger charge is -2.34. The van der Waals surface area contributed by atoms with Crippen molar-refractivity contribution in [3.05, 3.63) is 48.5 Å². The van der Waals surface area contributed by atoms with Gasteiger partial charge in [0.15, 0.2) is 0 Å². The van der Waals surface area contributed by atoms with Gasteiger partial charge in [-0.25, -0.2) is 30.3 Å². The Kier molecular flexibility index (Phi) is 5.84. The lowest BCUT2D eigenvalue weighted by Crippen LogP contribution is -2.39. The molecule has 3 rings (SSSR count). The molecule has 29 heavy (non-hydrogen) atoms. The molecule has 2 aromatic carbocycles. The summed E-state index contributed by atoms with van der Waals surface area (Å²) in [7, 11) is -6.43. The average molecular weight is 446 g/mol. The number of hydrogen-bond donors (Lipinski definition) is 2. The predicted octanol–water partition coefficient (Wildman–Crippen LogP) is 2.63. The van der Waals surface area contributed by atoms with Crippen LogP contribution in [0.5, 0.6) is 0 Å². The van der Waals surface area contributed by atoms with E-state index in [1.54, 1.807) is 29.2 Å². The number of hydrogen-bond acceptors (Lipinski definition) is 5. The Bertz CT molecular complexity index is 1080. The topological polar surface area (TPSA) is 95.6 Å². The van der Waals surface area contributed by atoms with Gasteiger partial charge in [0.2, 0.25) is 10.0 Å². The lowest BCUT2D eigenvalue weighted by atomic mass is 10.1. The number of piperidine rings is 1. The van der Waals surface area contributed by atoms with E-state index in [4.69, 9.17) is 0 Å². The second-order valence-electron chi connectivity index (χ2n) is 6.64. The molecule has 2 aromatic rings. The molecule has 1 aliphatic rings. The standard InChI is InChI=1S/C18H21F2N3O4S2/c1-21-28(24,25)14-6-8-15(9-7-14)29(26,27)22-16-4-2-3-5-17(16)23-12-10-18(19,20)11-13-23/h2-9,21-22H,10-13H2,1H3. The van der Waals surface area contributed by atoms with Crippen molar-refractivity contribution in [1.29, 1.82) is 0 Å². The van der Waals surface area contributed by atoms with Crippen molar-refractivity contribution in [2.75, 3.05) is 29.8 Å². The highest BCUT2D eigenvalue weighted by Crippen LogP contribution is 2.34. The van der Waals surface area contributed by atoms with Gasteiger partial charge in [0.05, 0.1) is 21.2 Å². The Morgan fingerprint density at radius 1 is 0.862 bits per heavy atom. The fourth-order valence-electron chi connectivity index (χ4n) is 3.03. The number of nitrogens with zero attached hydrogens (tertiary/aromatic N) is 1. The molecule has 7 nitrogen and oxygen atoms in total. The van der Waals surface area contributed by atoms with Gasteiger partial charge in [-0.2, -0.15) is 0 Å². The molecule has 0 amide bonds. The number of benzene rings is 2. The largest absolute Gasteiger partial charge is 0.369 e. The Labute approximate surface area is 168 Å². The summed E-state index contributed by atoms with van der Waals surface area (Å²) in [5, 5.41) is 0. The first-order chi connectivity index (χ1) is 13.5. The molecule has 158 valence electrons. The van der Waals surface area contributed by atoms with Gasteiger partial charge in [0, 0.05) is 25.9 Å². The van der Waals surface area contributed by atoms with Crippen LogP contribution in [-0.2, 0) is 20.0 Å². The summed E-state index contributed by atoms with van der Waals surface area (Å²) < 4.78 is 80.6. The van der Waals surface area contributed by atoms with Crippen molar-refractivity contribution in [2.24, 2.45) is 0 Å². The van der Waals surface area contributed by atoms with E-state index in [2.05, 4.69) is 9.44 Å².